The molecule has 1 atom stereocenters. The number of carbonyl (C=O) groups is 1. The Hall–Kier alpha value is -1.75. The van der Waals surface area contributed by atoms with Gasteiger partial charge < -0.3 is 15.2 Å². The van der Waals surface area contributed by atoms with Gasteiger partial charge in [0.2, 0.25) is 0 Å². The molecule has 1 aliphatic heterocycles. The van der Waals surface area contributed by atoms with E-state index in [9.17, 15) is 9.90 Å². The Balaban J connectivity index is 2.20. The number of oxime groups is 1. The first-order valence-electron chi connectivity index (χ1n) is 6.55. The highest BCUT2D eigenvalue weighted by Crippen LogP contribution is 2.25. The van der Waals surface area contributed by atoms with Gasteiger partial charge in [-0.3, -0.25) is 4.79 Å². The lowest BCUT2D eigenvalue weighted by Gasteiger charge is -2.33. The summed E-state index contributed by atoms with van der Waals surface area (Å²) in [7, 11) is 0. The largest absolute Gasteiger partial charge is 0.507 e. The van der Waals surface area contributed by atoms with E-state index >= 15 is 0 Å². The maximum absolute atomic E-state index is 12.4. The van der Waals surface area contributed by atoms with Gasteiger partial charge >= 0.3 is 0 Å². The SMILES string of the molecule is CCC1CN(C(=O)c2cc(Cl)ccc2O)CC/C1=N\O. The number of benzene rings is 1. The van der Waals surface area contributed by atoms with Crippen LogP contribution < -0.4 is 0 Å². The van der Waals surface area contributed by atoms with Crippen LogP contribution in [-0.4, -0.2) is 39.9 Å². The molecule has 1 unspecified atom stereocenters. The van der Waals surface area contributed by atoms with Gasteiger partial charge in [0.25, 0.3) is 5.91 Å². The first-order chi connectivity index (χ1) is 9.56. The zero-order chi connectivity index (χ0) is 14.7. The van der Waals surface area contributed by atoms with Crippen molar-refractivity contribution in [3.8, 4) is 5.75 Å². The number of phenols is 1. The van der Waals surface area contributed by atoms with Gasteiger partial charge in [-0.1, -0.05) is 23.7 Å². The van der Waals surface area contributed by atoms with Crippen LogP contribution in [0.4, 0.5) is 0 Å². The van der Waals surface area contributed by atoms with Crippen molar-refractivity contribution in [2.45, 2.75) is 19.8 Å². The minimum Gasteiger partial charge on any atom is -0.507 e. The Morgan fingerprint density at radius 3 is 2.95 bits per heavy atom. The Labute approximate surface area is 122 Å². The molecule has 1 amide bonds. The van der Waals surface area contributed by atoms with E-state index in [1.54, 1.807) is 4.90 Å². The number of amides is 1. The summed E-state index contributed by atoms with van der Waals surface area (Å²) in [6, 6.07) is 4.42. The highest BCUT2D eigenvalue weighted by molar-refractivity contribution is 6.31. The Kier molecular flexibility index (Phi) is 4.49. The second-order valence-electron chi connectivity index (χ2n) is 4.86. The third kappa shape index (κ3) is 2.88. The molecular weight excluding hydrogens is 280 g/mol. The second kappa shape index (κ2) is 6.13. The van der Waals surface area contributed by atoms with Gasteiger partial charge in [0.05, 0.1) is 11.3 Å². The monoisotopic (exact) mass is 296 g/mol. The number of rotatable bonds is 2. The van der Waals surface area contributed by atoms with E-state index in [1.165, 1.54) is 18.2 Å². The molecule has 0 aromatic heterocycles. The highest BCUT2D eigenvalue weighted by Gasteiger charge is 2.29. The van der Waals surface area contributed by atoms with E-state index in [0.717, 1.165) is 12.1 Å². The Morgan fingerprint density at radius 1 is 1.55 bits per heavy atom. The molecule has 1 heterocycles. The third-order valence-corrected chi connectivity index (χ3v) is 3.88. The maximum atomic E-state index is 12.4. The molecule has 0 radical (unpaired) electrons. The third-order valence-electron chi connectivity index (χ3n) is 3.65. The van der Waals surface area contributed by atoms with E-state index in [0.29, 0.717) is 24.5 Å². The van der Waals surface area contributed by atoms with E-state index < -0.39 is 0 Å². The van der Waals surface area contributed by atoms with Crippen LogP contribution in [0.25, 0.3) is 0 Å². The summed E-state index contributed by atoms with van der Waals surface area (Å²) in [5.41, 5.74) is 0.934. The van der Waals surface area contributed by atoms with Crippen LogP contribution in [0.3, 0.4) is 0 Å². The van der Waals surface area contributed by atoms with E-state index in [4.69, 9.17) is 16.8 Å². The second-order valence-corrected chi connectivity index (χ2v) is 5.30. The van der Waals surface area contributed by atoms with Gasteiger partial charge in [-0.25, -0.2) is 0 Å². The molecule has 1 aromatic carbocycles. The van der Waals surface area contributed by atoms with Crippen molar-refractivity contribution < 1.29 is 15.1 Å². The fraction of sp³-hybridized carbons (Fsp3) is 0.429. The van der Waals surface area contributed by atoms with Crippen molar-refractivity contribution in [1.82, 2.24) is 4.90 Å². The van der Waals surface area contributed by atoms with Crippen LogP contribution in [0.1, 0.15) is 30.1 Å². The number of likely N-dealkylation sites (tertiary alicyclic amines) is 1. The first-order valence-corrected chi connectivity index (χ1v) is 6.93. The fourth-order valence-corrected chi connectivity index (χ4v) is 2.62. The molecule has 1 fully saturated rings. The maximum Gasteiger partial charge on any atom is 0.257 e. The summed E-state index contributed by atoms with van der Waals surface area (Å²) in [6.07, 6.45) is 1.34. The van der Waals surface area contributed by atoms with Crippen LogP contribution in [0, 0.1) is 5.92 Å². The lowest BCUT2D eigenvalue weighted by Crippen LogP contribution is -2.44. The average molecular weight is 297 g/mol. The molecule has 2 N–H and O–H groups in total. The molecule has 6 heteroatoms. The zero-order valence-corrected chi connectivity index (χ0v) is 12.0. The van der Waals surface area contributed by atoms with Gasteiger partial charge in [-0.15, -0.1) is 0 Å². The molecular formula is C14H17ClN2O3. The van der Waals surface area contributed by atoms with Crippen molar-refractivity contribution in [3.05, 3.63) is 28.8 Å². The molecule has 0 aliphatic carbocycles. The number of hydrogen-bond acceptors (Lipinski definition) is 4. The normalized spacial score (nSPS) is 21.2. The highest BCUT2D eigenvalue weighted by atomic mass is 35.5. The predicted molar refractivity (Wildman–Crippen MR) is 76.6 cm³/mol. The standard InChI is InChI=1S/C14H17ClN2O3/c1-2-9-8-17(6-5-12(9)16-20)14(19)11-7-10(15)3-4-13(11)18/h3-4,7,9,18,20H,2,5-6,8H2,1H3/b16-12+. The lowest BCUT2D eigenvalue weighted by molar-refractivity contribution is 0.0726. The smallest absolute Gasteiger partial charge is 0.257 e. The summed E-state index contributed by atoms with van der Waals surface area (Å²) in [6.45, 7) is 2.95. The number of nitrogens with zero attached hydrogens (tertiary/aromatic N) is 2. The number of phenolic OH excluding ortho intramolecular Hbond substituents is 1. The minimum absolute atomic E-state index is 0.0547. The average Bonchev–Trinajstić information content (AvgIpc) is 2.48. The molecule has 1 aromatic rings. The van der Waals surface area contributed by atoms with Crippen molar-refractivity contribution >= 4 is 23.2 Å². The van der Waals surface area contributed by atoms with E-state index in [2.05, 4.69) is 5.16 Å². The molecule has 5 nitrogen and oxygen atoms in total. The topological polar surface area (TPSA) is 73.1 Å². The summed E-state index contributed by atoms with van der Waals surface area (Å²) < 4.78 is 0. The molecule has 0 spiro atoms. The van der Waals surface area contributed by atoms with Gasteiger partial charge in [0.1, 0.15) is 5.75 Å². The van der Waals surface area contributed by atoms with Gasteiger partial charge in [-0.05, 0) is 24.6 Å². The fourth-order valence-electron chi connectivity index (χ4n) is 2.45. The molecule has 0 saturated carbocycles. The van der Waals surface area contributed by atoms with Gasteiger partial charge in [0.15, 0.2) is 0 Å². The summed E-state index contributed by atoms with van der Waals surface area (Å²) >= 11 is 5.87. The number of hydrogen-bond donors (Lipinski definition) is 2. The molecule has 1 saturated heterocycles. The van der Waals surface area contributed by atoms with Crippen LogP contribution in [0.2, 0.25) is 5.02 Å². The summed E-state index contributed by atoms with van der Waals surface area (Å²) in [5, 5.41) is 22.4. The predicted octanol–water partition coefficient (Wildman–Crippen LogP) is 2.75. The molecule has 0 bridgehead atoms. The summed E-state index contributed by atoms with van der Waals surface area (Å²) in [5.74, 6) is -0.270. The summed E-state index contributed by atoms with van der Waals surface area (Å²) in [4.78, 5) is 14.1. The number of carbonyl (C=O) groups excluding carboxylic acids is 1. The van der Waals surface area contributed by atoms with Crippen molar-refractivity contribution in [1.29, 1.82) is 0 Å². The molecule has 2 rings (SSSR count). The van der Waals surface area contributed by atoms with Gasteiger partial charge in [-0.2, -0.15) is 0 Å². The van der Waals surface area contributed by atoms with Crippen LogP contribution in [-0.2, 0) is 0 Å². The Morgan fingerprint density at radius 2 is 2.30 bits per heavy atom. The molecule has 108 valence electrons. The zero-order valence-electron chi connectivity index (χ0n) is 11.2. The van der Waals surface area contributed by atoms with Crippen molar-refractivity contribution in [2.24, 2.45) is 11.1 Å². The molecule has 1 aliphatic rings. The van der Waals surface area contributed by atoms with Crippen LogP contribution >= 0.6 is 11.6 Å². The minimum atomic E-state index is -0.250. The van der Waals surface area contributed by atoms with E-state index in [1.807, 2.05) is 6.92 Å². The number of halogens is 1. The first kappa shape index (κ1) is 14.7. The Bertz CT molecular complexity index is 545. The number of aromatic hydroxyl groups is 1. The quantitative estimate of drug-likeness (QED) is 0.651. The van der Waals surface area contributed by atoms with Gasteiger partial charge in [0, 0.05) is 30.5 Å². The van der Waals surface area contributed by atoms with Crippen molar-refractivity contribution in [2.75, 3.05) is 13.1 Å². The van der Waals surface area contributed by atoms with Crippen LogP contribution in [0.5, 0.6) is 5.75 Å². The van der Waals surface area contributed by atoms with E-state index in [-0.39, 0.29) is 23.1 Å². The number of piperidine rings is 1. The van der Waals surface area contributed by atoms with Crippen molar-refractivity contribution in [3.63, 3.8) is 0 Å². The molecule has 20 heavy (non-hydrogen) atoms. The lowest BCUT2D eigenvalue weighted by atomic mass is 9.93. The van der Waals surface area contributed by atoms with Crippen LogP contribution in [0.15, 0.2) is 23.4 Å².